The molecule has 0 aromatic heterocycles. The predicted molar refractivity (Wildman–Crippen MR) is 113 cm³/mol. The molecular formula is C24H23NO5. The number of hydrogen-bond donors (Lipinski definition) is 2. The molecule has 0 radical (unpaired) electrons. The van der Waals surface area contributed by atoms with E-state index >= 15 is 0 Å². The van der Waals surface area contributed by atoms with E-state index in [0.717, 1.165) is 11.1 Å². The smallest absolute Gasteiger partial charge is 0.303 e. The number of carboxylic acids is 1. The van der Waals surface area contributed by atoms with Crippen molar-refractivity contribution in [3.8, 4) is 0 Å². The van der Waals surface area contributed by atoms with E-state index in [0.29, 0.717) is 5.56 Å². The molecule has 30 heavy (non-hydrogen) atoms. The number of benzene rings is 2. The number of amides is 1. The molecule has 2 aromatic rings. The highest BCUT2D eigenvalue weighted by Gasteiger charge is 2.42. The van der Waals surface area contributed by atoms with Crippen LogP contribution < -0.4 is 0 Å². The van der Waals surface area contributed by atoms with Gasteiger partial charge in [-0.05, 0) is 30.5 Å². The molecule has 1 atom stereocenters. The molecule has 6 heteroatoms. The number of ketones is 1. The average Bonchev–Trinajstić information content (AvgIpc) is 2.98. The SMILES string of the molecule is Cc1ccc([C@H]2C(C(=O)/C=C\c3ccccc3)=C(O)C(=O)N2CCCC(=O)O)cc1. The van der Waals surface area contributed by atoms with E-state index in [-0.39, 0.29) is 25.0 Å². The van der Waals surface area contributed by atoms with Crippen LogP contribution in [0.1, 0.15) is 35.6 Å². The van der Waals surface area contributed by atoms with Crippen LogP contribution in [-0.2, 0) is 14.4 Å². The summed E-state index contributed by atoms with van der Waals surface area (Å²) in [5, 5.41) is 19.4. The number of aliphatic hydroxyl groups is 1. The first-order valence-electron chi connectivity index (χ1n) is 9.68. The highest BCUT2D eigenvalue weighted by Crippen LogP contribution is 2.38. The van der Waals surface area contributed by atoms with Gasteiger partial charge in [-0.15, -0.1) is 0 Å². The van der Waals surface area contributed by atoms with E-state index < -0.39 is 29.5 Å². The first-order chi connectivity index (χ1) is 14.4. The lowest BCUT2D eigenvalue weighted by atomic mass is 9.95. The Kier molecular flexibility index (Phi) is 6.47. The number of carbonyl (C=O) groups excluding carboxylic acids is 2. The summed E-state index contributed by atoms with van der Waals surface area (Å²) >= 11 is 0. The molecule has 1 aliphatic heterocycles. The van der Waals surface area contributed by atoms with Crippen molar-refractivity contribution in [1.82, 2.24) is 4.90 Å². The molecule has 0 fully saturated rings. The van der Waals surface area contributed by atoms with Crippen LogP contribution in [-0.4, -0.2) is 39.3 Å². The zero-order valence-corrected chi connectivity index (χ0v) is 16.6. The second kappa shape index (κ2) is 9.22. The van der Waals surface area contributed by atoms with Gasteiger partial charge in [0.25, 0.3) is 5.91 Å². The fourth-order valence-electron chi connectivity index (χ4n) is 3.46. The molecule has 0 spiro atoms. The van der Waals surface area contributed by atoms with Gasteiger partial charge in [-0.2, -0.15) is 0 Å². The fraction of sp³-hybridized carbons (Fsp3) is 0.208. The number of aliphatic carboxylic acids is 1. The Labute approximate surface area is 174 Å². The zero-order chi connectivity index (χ0) is 21.7. The summed E-state index contributed by atoms with van der Waals surface area (Å²) in [6, 6.07) is 15.8. The van der Waals surface area contributed by atoms with Crippen molar-refractivity contribution in [3.63, 3.8) is 0 Å². The topological polar surface area (TPSA) is 94.9 Å². The minimum Gasteiger partial charge on any atom is -0.503 e. The van der Waals surface area contributed by atoms with Gasteiger partial charge in [0.05, 0.1) is 11.6 Å². The van der Waals surface area contributed by atoms with E-state index in [4.69, 9.17) is 5.11 Å². The molecule has 3 rings (SSSR count). The lowest BCUT2D eigenvalue weighted by Gasteiger charge is -2.26. The summed E-state index contributed by atoms with van der Waals surface area (Å²) in [7, 11) is 0. The number of aryl methyl sites for hydroxylation is 1. The van der Waals surface area contributed by atoms with Crippen LogP contribution >= 0.6 is 0 Å². The molecular weight excluding hydrogens is 382 g/mol. The van der Waals surface area contributed by atoms with Crippen molar-refractivity contribution < 1.29 is 24.6 Å². The Hall–Kier alpha value is -3.67. The minimum atomic E-state index is -0.965. The molecule has 154 valence electrons. The summed E-state index contributed by atoms with van der Waals surface area (Å²) in [6.45, 7) is 2.04. The number of rotatable bonds is 8. The Bertz CT molecular complexity index is 1010. The molecule has 1 amide bonds. The van der Waals surface area contributed by atoms with Crippen molar-refractivity contribution in [1.29, 1.82) is 0 Å². The number of carboxylic acid groups (broad SMARTS) is 1. The van der Waals surface area contributed by atoms with Gasteiger partial charge in [-0.1, -0.05) is 66.2 Å². The number of allylic oxidation sites excluding steroid dienone is 1. The average molecular weight is 405 g/mol. The van der Waals surface area contributed by atoms with Crippen LogP contribution in [0.2, 0.25) is 0 Å². The minimum absolute atomic E-state index is 0.00589. The summed E-state index contributed by atoms with van der Waals surface area (Å²) in [4.78, 5) is 37.9. The van der Waals surface area contributed by atoms with Gasteiger partial charge < -0.3 is 15.1 Å². The molecule has 1 heterocycles. The molecule has 0 unspecified atom stereocenters. The van der Waals surface area contributed by atoms with Crippen LogP contribution in [0, 0.1) is 6.92 Å². The summed E-state index contributed by atoms with van der Waals surface area (Å²) in [5.41, 5.74) is 2.53. The fourth-order valence-corrected chi connectivity index (χ4v) is 3.46. The Balaban J connectivity index is 1.94. The van der Waals surface area contributed by atoms with Crippen molar-refractivity contribution in [3.05, 3.63) is 88.7 Å². The molecule has 0 saturated heterocycles. The monoisotopic (exact) mass is 405 g/mol. The largest absolute Gasteiger partial charge is 0.503 e. The second-order valence-electron chi connectivity index (χ2n) is 7.18. The van der Waals surface area contributed by atoms with Gasteiger partial charge in [0.1, 0.15) is 0 Å². The van der Waals surface area contributed by atoms with Crippen LogP contribution in [0.25, 0.3) is 6.08 Å². The third-order valence-corrected chi connectivity index (χ3v) is 4.98. The molecule has 0 bridgehead atoms. The third-order valence-electron chi connectivity index (χ3n) is 4.98. The van der Waals surface area contributed by atoms with Crippen LogP contribution in [0.5, 0.6) is 0 Å². The van der Waals surface area contributed by atoms with Crippen LogP contribution in [0.4, 0.5) is 0 Å². The summed E-state index contributed by atoms with van der Waals surface area (Å²) in [6.07, 6.45) is 3.09. The van der Waals surface area contributed by atoms with E-state index in [2.05, 4.69) is 0 Å². The van der Waals surface area contributed by atoms with E-state index in [9.17, 15) is 19.5 Å². The van der Waals surface area contributed by atoms with Crippen molar-refractivity contribution in [2.45, 2.75) is 25.8 Å². The quantitative estimate of drug-likeness (QED) is 0.651. The first-order valence-corrected chi connectivity index (χ1v) is 9.68. The van der Waals surface area contributed by atoms with Gasteiger partial charge >= 0.3 is 5.97 Å². The molecule has 2 N–H and O–H groups in total. The highest BCUT2D eigenvalue weighted by molar-refractivity contribution is 6.14. The van der Waals surface area contributed by atoms with E-state index in [1.165, 1.54) is 11.0 Å². The van der Waals surface area contributed by atoms with Gasteiger partial charge in [-0.25, -0.2) is 0 Å². The Morgan fingerprint density at radius 3 is 2.37 bits per heavy atom. The van der Waals surface area contributed by atoms with Crippen LogP contribution in [0.3, 0.4) is 0 Å². The highest BCUT2D eigenvalue weighted by atomic mass is 16.4. The first kappa shape index (κ1) is 21.0. The normalized spacial score (nSPS) is 16.5. The molecule has 0 saturated carbocycles. The van der Waals surface area contributed by atoms with Crippen molar-refractivity contribution in [2.24, 2.45) is 0 Å². The second-order valence-corrected chi connectivity index (χ2v) is 7.18. The standard InChI is InChI=1S/C24H23NO5/c1-16-9-12-18(13-10-16)22-21(19(26)14-11-17-6-3-2-4-7-17)23(29)24(30)25(22)15-5-8-20(27)28/h2-4,6-7,9-14,22,29H,5,8,15H2,1H3,(H,27,28)/b14-11-/t22-/m0/s1. The van der Waals surface area contributed by atoms with Gasteiger partial charge in [0, 0.05) is 13.0 Å². The van der Waals surface area contributed by atoms with Gasteiger partial charge in [-0.3, -0.25) is 14.4 Å². The van der Waals surface area contributed by atoms with Crippen LogP contribution in [0.15, 0.2) is 72.0 Å². The number of hydrogen-bond acceptors (Lipinski definition) is 4. The number of carbonyl (C=O) groups is 3. The summed E-state index contributed by atoms with van der Waals surface area (Å²) in [5.74, 6) is -2.68. The molecule has 2 aromatic carbocycles. The number of aliphatic hydroxyl groups excluding tert-OH is 1. The maximum Gasteiger partial charge on any atom is 0.303 e. The number of nitrogens with zero attached hydrogens (tertiary/aromatic N) is 1. The van der Waals surface area contributed by atoms with Crippen molar-refractivity contribution in [2.75, 3.05) is 6.54 Å². The Morgan fingerprint density at radius 1 is 1.07 bits per heavy atom. The van der Waals surface area contributed by atoms with E-state index in [1.807, 2.05) is 61.5 Å². The predicted octanol–water partition coefficient (Wildman–Crippen LogP) is 3.84. The molecule has 1 aliphatic rings. The lowest BCUT2D eigenvalue weighted by molar-refractivity contribution is -0.138. The summed E-state index contributed by atoms with van der Waals surface area (Å²) < 4.78 is 0. The zero-order valence-electron chi connectivity index (χ0n) is 16.6. The lowest BCUT2D eigenvalue weighted by Crippen LogP contribution is -2.32. The van der Waals surface area contributed by atoms with E-state index in [1.54, 1.807) is 6.08 Å². The maximum atomic E-state index is 13.0. The maximum absolute atomic E-state index is 13.0. The molecule has 6 nitrogen and oxygen atoms in total. The van der Waals surface area contributed by atoms with Crippen molar-refractivity contribution >= 4 is 23.7 Å². The molecule has 0 aliphatic carbocycles. The van der Waals surface area contributed by atoms with Gasteiger partial charge in [0.15, 0.2) is 11.5 Å². The van der Waals surface area contributed by atoms with Gasteiger partial charge in [0.2, 0.25) is 0 Å². The third kappa shape index (κ3) is 4.66. The Morgan fingerprint density at radius 2 is 1.73 bits per heavy atom.